The number of amides is 1. The number of ether oxygens (including phenoxy) is 1. The van der Waals surface area contributed by atoms with Crippen LogP contribution in [0.1, 0.15) is 21.6 Å². The Bertz CT molecular complexity index is 661. The maximum atomic E-state index is 12.5. The minimum atomic E-state index is 0.0823. The van der Waals surface area contributed by atoms with E-state index in [2.05, 4.69) is 4.98 Å². The number of aryl methyl sites for hydroxylation is 2. The molecule has 0 bridgehead atoms. The van der Waals surface area contributed by atoms with Crippen LogP contribution < -0.4 is 0 Å². The van der Waals surface area contributed by atoms with Gasteiger partial charge in [0, 0.05) is 29.7 Å². The minimum absolute atomic E-state index is 0.0823. The van der Waals surface area contributed by atoms with Gasteiger partial charge in [-0.15, -0.1) is 0 Å². The fourth-order valence-corrected chi connectivity index (χ4v) is 2.58. The molecule has 1 aliphatic rings. The zero-order valence-electron chi connectivity index (χ0n) is 11.8. The molecule has 3 rings (SSSR count). The van der Waals surface area contributed by atoms with Crippen molar-refractivity contribution in [2.24, 2.45) is 0 Å². The van der Waals surface area contributed by atoms with Gasteiger partial charge in [-0.3, -0.25) is 9.78 Å². The van der Waals surface area contributed by atoms with Crippen LogP contribution in [0, 0.1) is 13.8 Å². The van der Waals surface area contributed by atoms with E-state index in [1.807, 2.05) is 43.0 Å². The van der Waals surface area contributed by atoms with Gasteiger partial charge in [0.05, 0.1) is 18.7 Å². The Hall–Kier alpha value is -1.94. The lowest BCUT2D eigenvalue weighted by Gasteiger charge is -2.27. The maximum absolute atomic E-state index is 12.5. The molecule has 1 saturated heterocycles. The van der Waals surface area contributed by atoms with Crippen molar-refractivity contribution >= 4 is 16.8 Å². The van der Waals surface area contributed by atoms with Crippen LogP contribution >= 0.6 is 0 Å². The van der Waals surface area contributed by atoms with Gasteiger partial charge in [0.15, 0.2) is 0 Å². The number of hydrogen-bond acceptors (Lipinski definition) is 3. The molecule has 4 heteroatoms. The third-order valence-corrected chi connectivity index (χ3v) is 3.67. The second-order valence-corrected chi connectivity index (χ2v) is 5.22. The van der Waals surface area contributed by atoms with Crippen molar-refractivity contribution in [3.05, 3.63) is 41.1 Å². The molecule has 0 saturated carbocycles. The summed E-state index contributed by atoms with van der Waals surface area (Å²) in [5, 5.41) is 1.02. The number of hydrogen-bond donors (Lipinski definition) is 0. The molecule has 2 aromatic rings. The molecule has 0 radical (unpaired) electrons. The first-order valence-corrected chi connectivity index (χ1v) is 6.90. The fraction of sp³-hybridized carbons (Fsp3) is 0.375. The summed E-state index contributed by atoms with van der Waals surface area (Å²) in [5.41, 5.74) is 3.75. The second-order valence-electron chi connectivity index (χ2n) is 5.22. The lowest BCUT2D eigenvalue weighted by molar-refractivity contribution is 0.0303. The summed E-state index contributed by atoms with van der Waals surface area (Å²) < 4.78 is 5.29. The number of fused-ring (bicyclic) bond motifs is 1. The third kappa shape index (κ3) is 2.39. The number of nitrogens with zero attached hydrogens (tertiary/aromatic N) is 2. The average molecular weight is 270 g/mol. The van der Waals surface area contributed by atoms with Crippen molar-refractivity contribution in [1.29, 1.82) is 0 Å². The van der Waals surface area contributed by atoms with Crippen LogP contribution in [-0.4, -0.2) is 42.1 Å². The lowest BCUT2D eigenvalue weighted by atomic mass is 10.0. The largest absolute Gasteiger partial charge is 0.378 e. The van der Waals surface area contributed by atoms with E-state index in [1.165, 1.54) is 0 Å². The van der Waals surface area contributed by atoms with Crippen LogP contribution in [0.4, 0.5) is 0 Å². The molecule has 104 valence electrons. The maximum Gasteiger partial charge on any atom is 0.254 e. The molecule has 1 aromatic carbocycles. The molecule has 1 fully saturated rings. The van der Waals surface area contributed by atoms with E-state index in [1.54, 1.807) is 0 Å². The van der Waals surface area contributed by atoms with Gasteiger partial charge in [-0.25, -0.2) is 0 Å². The van der Waals surface area contributed by atoms with Crippen molar-refractivity contribution < 1.29 is 9.53 Å². The average Bonchev–Trinajstić information content (AvgIpc) is 2.48. The van der Waals surface area contributed by atoms with Crippen LogP contribution in [0.5, 0.6) is 0 Å². The Balaban J connectivity index is 1.99. The fourth-order valence-electron chi connectivity index (χ4n) is 2.58. The van der Waals surface area contributed by atoms with Gasteiger partial charge < -0.3 is 9.64 Å². The number of rotatable bonds is 1. The Morgan fingerprint density at radius 1 is 1.20 bits per heavy atom. The molecule has 1 aliphatic heterocycles. The number of aromatic nitrogens is 1. The number of carbonyl (C=O) groups excluding carboxylic acids is 1. The highest BCUT2D eigenvalue weighted by Crippen LogP contribution is 2.20. The molecule has 2 heterocycles. The first-order valence-electron chi connectivity index (χ1n) is 6.90. The van der Waals surface area contributed by atoms with Crippen LogP contribution in [0.15, 0.2) is 24.3 Å². The van der Waals surface area contributed by atoms with Gasteiger partial charge in [-0.2, -0.15) is 0 Å². The molecule has 0 aliphatic carbocycles. The van der Waals surface area contributed by atoms with Crippen LogP contribution in [0.2, 0.25) is 0 Å². The van der Waals surface area contributed by atoms with E-state index in [0.29, 0.717) is 26.3 Å². The Morgan fingerprint density at radius 3 is 2.70 bits per heavy atom. The summed E-state index contributed by atoms with van der Waals surface area (Å²) in [6, 6.07) is 7.88. The molecule has 1 aromatic heterocycles. The zero-order valence-corrected chi connectivity index (χ0v) is 11.8. The molecular formula is C16H18N2O2. The predicted molar refractivity (Wildman–Crippen MR) is 77.9 cm³/mol. The van der Waals surface area contributed by atoms with E-state index >= 15 is 0 Å². The van der Waals surface area contributed by atoms with Crippen LogP contribution in [0.3, 0.4) is 0 Å². The standard InChI is InChI=1S/C16H18N2O2/c1-11-9-14(16(19)18-5-7-20-8-6-18)10-13-4-3-12(2)17-15(11)13/h3-4,9-10H,5-8H2,1-2H3. The van der Waals surface area contributed by atoms with Crippen molar-refractivity contribution in [3.63, 3.8) is 0 Å². The van der Waals surface area contributed by atoms with E-state index in [0.717, 1.165) is 27.7 Å². The van der Waals surface area contributed by atoms with Gasteiger partial charge >= 0.3 is 0 Å². The van der Waals surface area contributed by atoms with Gasteiger partial charge in [0.25, 0.3) is 5.91 Å². The Morgan fingerprint density at radius 2 is 1.95 bits per heavy atom. The highest BCUT2D eigenvalue weighted by molar-refractivity contribution is 5.99. The molecular weight excluding hydrogens is 252 g/mol. The van der Waals surface area contributed by atoms with E-state index in [9.17, 15) is 4.79 Å². The zero-order chi connectivity index (χ0) is 14.1. The number of morpholine rings is 1. The van der Waals surface area contributed by atoms with Gasteiger partial charge in [-0.1, -0.05) is 6.07 Å². The lowest BCUT2D eigenvalue weighted by Crippen LogP contribution is -2.40. The topological polar surface area (TPSA) is 42.4 Å². The van der Waals surface area contributed by atoms with Crippen molar-refractivity contribution in [1.82, 2.24) is 9.88 Å². The molecule has 0 atom stereocenters. The summed E-state index contributed by atoms with van der Waals surface area (Å²) >= 11 is 0. The second kappa shape index (κ2) is 5.21. The Kier molecular flexibility index (Phi) is 3.40. The van der Waals surface area contributed by atoms with Gasteiger partial charge in [0.1, 0.15) is 0 Å². The molecule has 0 spiro atoms. The summed E-state index contributed by atoms with van der Waals surface area (Å²) in [7, 11) is 0. The van der Waals surface area contributed by atoms with Crippen LogP contribution in [0.25, 0.3) is 10.9 Å². The summed E-state index contributed by atoms with van der Waals surface area (Å²) in [6.07, 6.45) is 0. The smallest absolute Gasteiger partial charge is 0.254 e. The van der Waals surface area contributed by atoms with Gasteiger partial charge in [0.2, 0.25) is 0 Å². The van der Waals surface area contributed by atoms with Crippen molar-refractivity contribution in [2.75, 3.05) is 26.3 Å². The first kappa shape index (κ1) is 13.1. The number of pyridine rings is 1. The SMILES string of the molecule is Cc1ccc2cc(C(=O)N3CCOCC3)cc(C)c2n1. The quantitative estimate of drug-likeness (QED) is 0.798. The Labute approximate surface area is 118 Å². The molecule has 4 nitrogen and oxygen atoms in total. The van der Waals surface area contributed by atoms with Gasteiger partial charge in [-0.05, 0) is 37.6 Å². The normalized spacial score (nSPS) is 15.6. The highest BCUT2D eigenvalue weighted by Gasteiger charge is 2.19. The van der Waals surface area contributed by atoms with E-state index in [4.69, 9.17) is 4.74 Å². The summed E-state index contributed by atoms with van der Waals surface area (Å²) in [6.45, 7) is 6.57. The molecule has 0 unspecified atom stereocenters. The molecule has 1 amide bonds. The number of carbonyl (C=O) groups is 1. The van der Waals surface area contributed by atoms with E-state index < -0.39 is 0 Å². The number of benzene rings is 1. The van der Waals surface area contributed by atoms with Crippen molar-refractivity contribution in [3.8, 4) is 0 Å². The molecule has 20 heavy (non-hydrogen) atoms. The summed E-state index contributed by atoms with van der Waals surface area (Å²) in [5.74, 6) is 0.0823. The summed E-state index contributed by atoms with van der Waals surface area (Å²) in [4.78, 5) is 18.9. The van der Waals surface area contributed by atoms with Crippen molar-refractivity contribution in [2.45, 2.75) is 13.8 Å². The molecule has 0 N–H and O–H groups in total. The third-order valence-electron chi connectivity index (χ3n) is 3.67. The minimum Gasteiger partial charge on any atom is -0.378 e. The van der Waals surface area contributed by atoms with Crippen LogP contribution in [-0.2, 0) is 4.74 Å². The predicted octanol–water partition coefficient (Wildman–Crippen LogP) is 2.32. The first-order chi connectivity index (χ1) is 9.65. The monoisotopic (exact) mass is 270 g/mol. The highest BCUT2D eigenvalue weighted by atomic mass is 16.5. The van der Waals surface area contributed by atoms with E-state index in [-0.39, 0.29) is 5.91 Å².